The van der Waals surface area contributed by atoms with Crippen LogP contribution in [0, 0.1) is 0 Å². The fourth-order valence-electron chi connectivity index (χ4n) is 1.77. The van der Waals surface area contributed by atoms with Crippen LogP contribution in [0.4, 0.5) is 0 Å². The van der Waals surface area contributed by atoms with Gasteiger partial charge in [0.05, 0.1) is 6.21 Å². The van der Waals surface area contributed by atoms with Crippen LogP contribution in [-0.4, -0.2) is 23.2 Å². The molecule has 0 aliphatic carbocycles. The van der Waals surface area contributed by atoms with Gasteiger partial charge in [-0.25, -0.2) is 10.9 Å². The molecule has 0 aliphatic rings. The van der Waals surface area contributed by atoms with Gasteiger partial charge in [0.25, 0.3) is 11.8 Å². The van der Waals surface area contributed by atoms with Crippen molar-refractivity contribution in [2.75, 3.05) is 0 Å². The van der Waals surface area contributed by atoms with Gasteiger partial charge in [-0.3, -0.25) is 14.8 Å². The van der Waals surface area contributed by atoms with Crippen LogP contribution in [-0.2, 0) is 4.79 Å². The van der Waals surface area contributed by atoms with Crippen molar-refractivity contribution in [2.24, 2.45) is 5.10 Å². The molecule has 0 fully saturated rings. The van der Waals surface area contributed by atoms with Crippen molar-refractivity contribution in [2.45, 2.75) is 0 Å². The molecule has 2 aromatic carbocycles. The lowest BCUT2D eigenvalue weighted by molar-refractivity contribution is -0.124. The highest BCUT2D eigenvalue weighted by molar-refractivity contribution is 9.10. The number of rotatable bonds is 5. The van der Waals surface area contributed by atoms with Crippen LogP contribution in [0.25, 0.3) is 6.08 Å². The molecule has 0 saturated carbocycles. The molecular formula is C17H14BrN3O3. The Morgan fingerprint density at radius 3 is 2.50 bits per heavy atom. The molecular weight excluding hydrogens is 374 g/mol. The second kappa shape index (κ2) is 8.76. The molecule has 0 radical (unpaired) electrons. The summed E-state index contributed by atoms with van der Waals surface area (Å²) in [4.78, 5) is 22.9. The maximum Gasteiger partial charge on any atom is 0.271 e. The number of halogens is 1. The fourth-order valence-corrected chi connectivity index (χ4v) is 2.19. The summed E-state index contributed by atoms with van der Waals surface area (Å²) in [5, 5.41) is 12.3. The van der Waals surface area contributed by atoms with Crippen molar-refractivity contribution in [3.8, 4) is 0 Å². The van der Waals surface area contributed by atoms with Gasteiger partial charge in [0.1, 0.15) is 0 Å². The third-order valence-electron chi connectivity index (χ3n) is 2.94. The van der Waals surface area contributed by atoms with Crippen molar-refractivity contribution in [3.05, 3.63) is 75.8 Å². The number of hydrogen-bond acceptors (Lipinski definition) is 4. The number of nitrogens with one attached hydrogen (secondary N) is 2. The van der Waals surface area contributed by atoms with Gasteiger partial charge >= 0.3 is 0 Å². The number of benzene rings is 2. The van der Waals surface area contributed by atoms with E-state index in [1.165, 1.54) is 17.6 Å². The molecule has 0 aromatic heterocycles. The second-order valence-corrected chi connectivity index (χ2v) is 5.60. The van der Waals surface area contributed by atoms with Crippen molar-refractivity contribution in [1.82, 2.24) is 10.9 Å². The highest BCUT2D eigenvalue weighted by atomic mass is 79.9. The molecule has 122 valence electrons. The molecule has 0 aliphatic heterocycles. The Morgan fingerprint density at radius 2 is 1.83 bits per heavy atom. The van der Waals surface area contributed by atoms with Gasteiger partial charge in [-0.05, 0) is 41.5 Å². The van der Waals surface area contributed by atoms with Gasteiger partial charge in [-0.15, -0.1) is 0 Å². The zero-order valence-corrected chi connectivity index (χ0v) is 14.0. The Kier molecular flexibility index (Phi) is 6.41. The lowest BCUT2D eigenvalue weighted by atomic mass is 10.1. The van der Waals surface area contributed by atoms with Crippen molar-refractivity contribution in [3.63, 3.8) is 0 Å². The Bertz CT molecular complexity index is 786. The minimum Gasteiger partial charge on any atom is -0.288 e. The summed E-state index contributed by atoms with van der Waals surface area (Å²) < 4.78 is 0.927. The van der Waals surface area contributed by atoms with Crippen LogP contribution >= 0.6 is 15.9 Å². The smallest absolute Gasteiger partial charge is 0.271 e. The van der Waals surface area contributed by atoms with Crippen molar-refractivity contribution < 1.29 is 14.8 Å². The Labute approximate surface area is 147 Å². The molecule has 0 heterocycles. The monoisotopic (exact) mass is 387 g/mol. The first-order chi connectivity index (χ1) is 11.6. The van der Waals surface area contributed by atoms with Crippen LogP contribution in [0.5, 0.6) is 0 Å². The summed E-state index contributed by atoms with van der Waals surface area (Å²) in [7, 11) is 0. The molecule has 6 nitrogen and oxygen atoms in total. The lowest BCUT2D eigenvalue weighted by Gasteiger charge is -2.01. The van der Waals surface area contributed by atoms with Gasteiger partial charge in [-0.1, -0.05) is 40.2 Å². The zero-order chi connectivity index (χ0) is 17.4. The molecule has 0 saturated heterocycles. The maximum absolute atomic E-state index is 12.0. The SMILES string of the molecule is O=C(/C=C/c1ccc(C(=O)N/N=C/c2cccc(Br)c2)cc1)NO. The third-order valence-corrected chi connectivity index (χ3v) is 3.43. The van der Waals surface area contributed by atoms with E-state index < -0.39 is 5.91 Å². The minimum atomic E-state index is -0.626. The summed E-state index contributed by atoms with van der Waals surface area (Å²) >= 11 is 3.36. The molecule has 7 heteroatoms. The number of carbonyl (C=O) groups is 2. The molecule has 2 rings (SSSR count). The molecule has 0 spiro atoms. The number of hydrazone groups is 1. The minimum absolute atomic E-state index is 0.343. The van der Waals surface area contributed by atoms with E-state index in [4.69, 9.17) is 5.21 Å². The zero-order valence-electron chi connectivity index (χ0n) is 12.4. The van der Waals surface area contributed by atoms with Crippen LogP contribution in [0.2, 0.25) is 0 Å². The number of hydrogen-bond donors (Lipinski definition) is 3. The first kappa shape index (κ1) is 17.6. The standard InChI is InChI=1S/C17H14BrN3O3/c18-15-3-1-2-13(10-15)11-19-20-17(23)14-7-4-12(5-8-14)6-9-16(22)21-24/h1-11,24H,(H,20,23)(H,21,22)/b9-6+,19-11+. The van der Waals surface area contributed by atoms with E-state index in [1.807, 2.05) is 24.3 Å². The lowest BCUT2D eigenvalue weighted by Crippen LogP contribution is -2.17. The van der Waals surface area contributed by atoms with Crippen molar-refractivity contribution in [1.29, 1.82) is 0 Å². The van der Waals surface area contributed by atoms with Gasteiger partial charge in [0.15, 0.2) is 0 Å². The van der Waals surface area contributed by atoms with E-state index in [-0.39, 0.29) is 5.91 Å². The number of amides is 2. The first-order valence-corrected chi connectivity index (χ1v) is 7.69. The van der Waals surface area contributed by atoms with Gasteiger partial charge < -0.3 is 0 Å². The number of hydroxylamine groups is 1. The van der Waals surface area contributed by atoms with Gasteiger partial charge in [0.2, 0.25) is 0 Å². The van der Waals surface area contributed by atoms with Crippen LogP contribution < -0.4 is 10.9 Å². The highest BCUT2D eigenvalue weighted by Crippen LogP contribution is 2.10. The van der Waals surface area contributed by atoms with Crippen LogP contribution in [0.3, 0.4) is 0 Å². The predicted molar refractivity (Wildman–Crippen MR) is 94.6 cm³/mol. The first-order valence-electron chi connectivity index (χ1n) is 6.89. The number of nitrogens with zero attached hydrogens (tertiary/aromatic N) is 1. The summed E-state index contributed by atoms with van der Waals surface area (Å²) in [6, 6.07) is 14.1. The summed E-state index contributed by atoms with van der Waals surface area (Å²) in [5.74, 6) is -0.969. The molecule has 0 atom stereocenters. The van der Waals surface area contributed by atoms with Gasteiger partial charge in [-0.2, -0.15) is 5.10 Å². The highest BCUT2D eigenvalue weighted by Gasteiger charge is 2.03. The Hall–Kier alpha value is -2.77. The fraction of sp³-hybridized carbons (Fsp3) is 0. The topological polar surface area (TPSA) is 90.8 Å². The second-order valence-electron chi connectivity index (χ2n) is 4.69. The quantitative estimate of drug-likeness (QED) is 0.318. The van der Waals surface area contributed by atoms with Crippen LogP contribution in [0.15, 0.2) is 64.2 Å². The molecule has 2 amide bonds. The largest absolute Gasteiger partial charge is 0.288 e. The summed E-state index contributed by atoms with van der Waals surface area (Å²) in [6.07, 6.45) is 4.24. The van der Waals surface area contributed by atoms with Crippen molar-refractivity contribution >= 4 is 40.0 Å². The van der Waals surface area contributed by atoms with Crippen LogP contribution in [0.1, 0.15) is 21.5 Å². The van der Waals surface area contributed by atoms with Gasteiger partial charge in [0, 0.05) is 16.1 Å². The summed E-state index contributed by atoms with van der Waals surface area (Å²) in [6.45, 7) is 0. The Balaban J connectivity index is 1.95. The Morgan fingerprint density at radius 1 is 1.08 bits per heavy atom. The average molecular weight is 388 g/mol. The molecule has 2 aromatic rings. The van der Waals surface area contributed by atoms with E-state index >= 15 is 0 Å². The normalized spacial score (nSPS) is 10.9. The predicted octanol–water partition coefficient (Wildman–Crippen LogP) is 2.73. The average Bonchev–Trinajstić information content (AvgIpc) is 2.60. The van der Waals surface area contributed by atoms with E-state index in [2.05, 4.69) is 26.5 Å². The summed E-state index contributed by atoms with van der Waals surface area (Å²) in [5.41, 5.74) is 5.95. The number of carbonyl (C=O) groups excluding carboxylic acids is 2. The third kappa shape index (κ3) is 5.45. The maximum atomic E-state index is 12.0. The molecule has 0 unspecified atom stereocenters. The molecule has 0 bridgehead atoms. The van der Waals surface area contributed by atoms with E-state index in [9.17, 15) is 9.59 Å². The van der Waals surface area contributed by atoms with E-state index in [0.29, 0.717) is 11.1 Å². The molecule has 24 heavy (non-hydrogen) atoms. The van der Waals surface area contributed by atoms with E-state index in [1.54, 1.807) is 30.5 Å². The van der Waals surface area contributed by atoms with E-state index in [0.717, 1.165) is 10.0 Å². The molecule has 3 N–H and O–H groups in total.